The molecule has 1 aliphatic rings. The number of hydrogen-bond acceptors (Lipinski definition) is 11. The van der Waals surface area contributed by atoms with Crippen molar-refractivity contribution in [1.29, 1.82) is 0 Å². The van der Waals surface area contributed by atoms with E-state index in [0.29, 0.717) is 12.8 Å². The normalized spacial score (nSPS) is 23.7. The molecule has 0 bridgehead atoms. The zero-order chi connectivity index (χ0) is 22.6. The lowest BCUT2D eigenvalue weighted by Crippen LogP contribution is -2.31. The Kier molecular flexibility index (Phi) is 8.53. The molecular weight excluding hydrogens is 473 g/mol. The lowest BCUT2D eigenvalue weighted by Gasteiger charge is -2.19. The summed E-state index contributed by atoms with van der Waals surface area (Å²) < 4.78 is 63.4. The highest BCUT2D eigenvalue weighted by atomic mass is 31.3. The molecule has 4 unspecified atom stereocenters. The van der Waals surface area contributed by atoms with Gasteiger partial charge in [-0.05, 0) is 19.3 Å². The van der Waals surface area contributed by atoms with Crippen molar-refractivity contribution < 1.29 is 50.4 Å². The van der Waals surface area contributed by atoms with E-state index >= 15 is 0 Å². The van der Waals surface area contributed by atoms with Crippen molar-refractivity contribution in [2.24, 2.45) is 0 Å². The summed E-state index contributed by atoms with van der Waals surface area (Å²) in [6.07, 6.45) is 1.18. The summed E-state index contributed by atoms with van der Waals surface area (Å²) in [4.78, 5) is 44.0. The van der Waals surface area contributed by atoms with Gasteiger partial charge in [0.25, 0.3) is 5.56 Å². The minimum atomic E-state index is -5.34. The van der Waals surface area contributed by atoms with Crippen molar-refractivity contribution in [2.45, 2.75) is 31.6 Å². The van der Waals surface area contributed by atoms with E-state index in [1.807, 2.05) is 0 Å². The maximum Gasteiger partial charge on any atom is 0.490 e. The van der Waals surface area contributed by atoms with Gasteiger partial charge in [0.05, 0.1) is 12.7 Å². The Morgan fingerprint density at radius 1 is 1.13 bits per heavy atom. The van der Waals surface area contributed by atoms with Crippen LogP contribution in [0.3, 0.4) is 0 Å². The van der Waals surface area contributed by atoms with E-state index in [1.54, 1.807) is 0 Å². The number of rotatable bonds is 11. The van der Waals surface area contributed by atoms with Crippen LogP contribution in [0, 0.1) is 0 Å². The molecule has 172 valence electrons. The minimum absolute atomic E-state index is 0.0771. The van der Waals surface area contributed by atoms with Gasteiger partial charge in [-0.15, -0.1) is 0 Å². The first-order valence-electron chi connectivity index (χ1n) is 8.30. The van der Waals surface area contributed by atoms with Crippen LogP contribution in [-0.2, 0) is 40.6 Å². The van der Waals surface area contributed by atoms with Crippen LogP contribution in [0.15, 0.2) is 21.9 Å². The zero-order valence-electron chi connectivity index (χ0n) is 15.8. The molecule has 0 radical (unpaired) electrons. The number of phosphoric acid groups is 3. The summed E-state index contributed by atoms with van der Waals surface area (Å²) in [7, 11) is -13.2. The molecule has 0 aliphatic carbocycles. The molecule has 1 fully saturated rings. The van der Waals surface area contributed by atoms with Gasteiger partial charge in [-0.2, -0.15) is 8.62 Å². The first kappa shape index (κ1) is 25.3. The van der Waals surface area contributed by atoms with E-state index in [-0.39, 0.29) is 6.42 Å². The number of phosphoric ester groups is 2. The first-order valence-corrected chi connectivity index (χ1v) is 12.7. The van der Waals surface area contributed by atoms with Crippen molar-refractivity contribution >= 4 is 23.5 Å². The Morgan fingerprint density at radius 2 is 1.80 bits per heavy atom. The monoisotopic (exact) mass is 494 g/mol. The SMILES string of the molecule is COP(=O)(OC)OP(=O)(O)OP(=O)(O)OCCC1CCC(n2ccc(=O)[nH]c2=O)O1. The summed E-state index contributed by atoms with van der Waals surface area (Å²) in [5, 5.41) is 0. The average molecular weight is 494 g/mol. The van der Waals surface area contributed by atoms with Crippen molar-refractivity contribution in [3.63, 3.8) is 0 Å². The molecule has 3 N–H and O–H groups in total. The number of aromatic amines is 1. The van der Waals surface area contributed by atoms with Crippen LogP contribution >= 0.6 is 23.5 Å². The third kappa shape index (κ3) is 7.33. The summed E-state index contributed by atoms with van der Waals surface area (Å²) in [5.74, 6) is 0. The number of aromatic nitrogens is 2. The van der Waals surface area contributed by atoms with Gasteiger partial charge in [-0.1, -0.05) is 0 Å². The quantitative estimate of drug-likeness (QED) is 0.371. The van der Waals surface area contributed by atoms with Crippen LogP contribution < -0.4 is 11.2 Å². The molecule has 15 nitrogen and oxygen atoms in total. The number of hydrogen-bond donors (Lipinski definition) is 3. The smallest absolute Gasteiger partial charge is 0.355 e. The lowest BCUT2D eigenvalue weighted by atomic mass is 10.2. The topological polar surface area (TPSA) is 202 Å². The molecule has 0 saturated carbocycles. The molecule has 2 heterocycles. The lowest BCUT2D eigenvalue weighted by molar-refractivity contribution is -0.0101. The van der Waals surface area contributed by atoms with E-state index in [9.17, 15) is 33.1 Å². The Morgan fingerprint density at radius 3 is 2.40 bits per heavy atom. The molecule has 1 aromatic heterocycles. The molecule has 0 spiro atoms. The maximum absolute atomic E-state index is 11.8. The van der Waals surface area contributed by atoms with Gasteiger partial charge in [-0.3, -0.25) is 27.9 Å². The molecule has 1 saturated heterocycles. The predicted molar refractivity (Wildman–Crippen MR) is 98.5 cm³/mol. The Hall–Kier alpha value is -0.950. The van der Waals surface area contributed by atoms with Gasteiger partial charge >= 0.3 is 29.2 Å². The number of ether oxygens (including phenoxy) is 1. The predicted octanol–water partition coefficient (Wildman–Crippen LogP) is 1.26. The summed E-state index contributed by atoms with van der Waals surface area (Å²) in [5.41, 5.74) is -1.18. The van der Waals surface area contributed by atoms with Crippen molar-refractivity contribution in [2.75, 3.05) is 20.8 Å². The molecule has 18 heteroatoms. The van der Waals surface area contributed by atoms with Gasteiger partial charge in [0, 0.05) is 26.5 Å². The average Bonchev–Trinajstić information content (AvgIpc) is 3.08. The second kappa shape index (κ2) is 10.1. The van der Waals surface area contributed by atoms with Crippen LogP contribution in [0.2, 0.25) is 0 Å². The fourth-order valence-corrected chi connectivity index (χ4v) is 6.14. The van der Waals surface area contributed by atoms with Crippen LogP contribution in [0.5, 0.6) is 0 Å². The van der Waals surface area contributed by atoms with E-state index in [0.717, 1.165) is 14.2 Å². The first-order chi connectivity index (χ1) is 13.9. The number of nitrogens with zero attached hydrogens (tertiary/aromatic N) is 1. The Labute approximate surface area is 169 Å². The van der Waals surface area contributed by atoms with Gasteiger partial charge in [0.2, 0.25) is 0 Å². The number of nitrogens with one attached hydrogen (secondary N) is 1. The van der Waals surface area contributed by atoms with Crippen LogP contribution in [0.4, 0.5) is 0 Å². The van der Waals surface area contributed by atoms with E-state index < -0.39 is 53.7 Å². The van der Waals surface area contributed by atoms with Crippen LogP contribution in [0.25, 0.3) is 0 Å². The zero-order valence-corrected chi connectivity index (χ0v) is 18.5. The van der Waals surface area contributed by atoms with Gasteiger partial charge < -0.3 is 14.5 Å². The largest absolute Gasteiger partial charge is 0.490 e. The molecular formula is C12H21N2O13P3. The molecule has 30 heavy (non-hydrogen) atoms. The van der Waals surface area contributed by atoms with E-state index in [2.05, 4.69) is 27.2 Å². The maximum atomic E-state index is 11.8. The molecule has 2 rings (SSSR count). The molecule has 0 aromatic carbocycles. The molecule has 1 aliphatic heterocycles. The second-order valence-electron chi connectivity index (χ2n) is 5.84. The van der Waals surface area contributed by atoms with Gasteiger partial charge in [-0.25, -0.2) is 18.5 Å². The molecule has 4 atom stereocenters. The second-order valence-corrected chi connectivity index (χ2v) is 10.9. The third-order valence-electron chi connectivity index (χ3n) is 3.80. The molecule has 1 aromatic rings. The highest BCUT2D eigenvalue weighted by molar-refractivity contribution is 7.67. The summed E-state index contributed by atoms with van der Waals surface area (Å²) in [6, 6.07) is 1.17. The van der Waals surface area contributed by atoms with E-state index in [4.69, 9.17) is 4.74 Å². The van der Waals surface area contributed by atoms with Gasteiger partial charge in [0.15, 0.2) is 0 Å². The molecule has 0 amide bonds. The summed E-state index contributed by atoms with van der Waals surface area (Å²) in [6.45, 7) is -0.419. The highest BCUT2D eigenvalue weighted by Gasteiger charge is 2.42. The Balaban J connectivity index is 1.85. The van der Waals surface area contributed by atoms with Crippen LogP contribution in [0.1, 0.15) is 25.5 Å². The highest BCUT2D eigenvalue weighted by Crippen LogP contribution is 2.68. The summed E-state index contributed by atoms with van der Waals surface area (Å²) >= 11 is 0. The fraction of sp³-hybridized carbons (Fsp3) is 0.667. The van der Waals surface area contributed by atoms with Crippen LogP contribution in [-0.4, -0.2) is 46.3 Å². The number of H-pyrrole nitrogens is 1. The van der Waals surface area contributed by atoms with E-state index in [1.165, 1.54) is 16.8 Å². The van der Waals surface area contributed by atoms with Gasteiger partial charge in [0.1, 0.15) is 6.23 Å². The van der Waals surface area contributed by atoms with Crippen molar-refractivity contribution in [3.05, 3.63) is 33.1 Å². The minimum Gasteiger partial charge on any atom is -0.355 e. The van der Waals surface area contributed by atoms with Crippen molar-refractivity contribution in [3.8, 4) is 0 Å². The standard InChI is InChI=1S/C12H21N2O13P3/c1-22-30(21,23-2)27-29(19,20)26-28(17,18)24-8-6-9-3-4-11(25-9)14-7-5-10(15)13-12(14)16/h5,7,9,11H,3-4,6,8H2,1-2H3,(H,17,18)(H,19,20)(H,13,15,16). The third-order valence-corrected chi connectivity index (χ3v) is 8.48. The Bertz CT molecular complexity index is 982. The fourth-order valence-electron chi connectivity index (χ4n) is 2.49. The van der Waals surface area contributed by atoms with Crippen molar-refractivity contribution in [1.82, 2.24) is 9.55 Å².